The van der Waals surface area contributed by atoms with E-state index in [1.807, 2.05) is 0 Å². The number of ether oxygens (including phenoxy) is 1. The molecule has 0 unspecified atom stereocenters. The van der Waals surface area contributed by atoms with Crippen molar-refractivity contribution < 1.29 is 4.74 Å². The van der Waals surface area contributed by atoms with Crippen molar-refractivity contribution in [1.82, 2.24) is 15.0 Å². The van der Waals surface area contributed by atoms with Gasteiger partial charge in [0.25, 0.3) is 0 Å². The first-order valence-corrected chi connectivity index (χ1v) is 6.13. The quantitative estimate of drug-likeness (QED) is 0.605. The molecule has 1 fully saturated rings. The molecule has 0 radical (unpaired) electrons. The molecule has 0 saturated heterocycles. The van der Waals surface area contributed by atoms with Crippen molar-refractivity contribution in [3.8, 4) is 6.01 Å². The maximum atomic E-state index is 5.28. The molecule has 1 aromatic rings. The van der Waals surface area contributed by atoms with E-state index in [9.17, 15) is 0 Å². The number of nitrogens with one attached hydrogen (secondary N) is 1. The molecule has 0 aromatic carbocycles. The number of nitrogen functional groups attached to an aromatic ring is 1. The summed E-state index contributed by atoms with van der Waals surface area (Å²) in [6.07, 6.45) is 5.04. The molecule has 0 spiro atoms. The fraction of sp³-hybridized carbons (Fsp3) is 0.667. The average Bonchev–Trinajstić information content (AvgIpc) is 2.81. The third-order valence-electron chi connectivity index (χ3n) is 2.48. The number of hydrogen-bond donors (Lipinski definition) is 2. The monoisotopic (exact) mass is 241 g/mol. The van der Waals surface area contributed by atoms with Crippen LogP contribution < -0.4 is 16.0 Å². The molecule has 3 N–H and O–H groups in total. The minimum atomic E-state index is 0.295. The highest BCUT2D eigenvalue weighted by Gasteiger charge is 2.18. The fourth-order valence-corrected chi connectivity index (χ4v) is 2.84. The van der Waals surface area contributed by atoms with Crippen molar-refractivity contribution in [1.29, 1.82) is 0 Å². The highest BCUT2D eigenvalue weighted by molar-refractivity contribution is 7.99. The van der Waals surface area contributed by atoms with E-state index in [2.05, 4.69) is 20.4 Å². The predicted octanol–water partition coefficient (Wildman–Crippen LogP) is 1.20. The second kappa shape index (κ2) is 5.31. The van der Waals surface area contributed by atoms with Gasteiger partial charge in [0.15, 0.2) is 5.16 Å². The summed E-state index contributed by atoms with van der Waals surface area (Å²) in [5.74, 6) is 5.62. The zero-order valence-corrected chi connectivity index (χ0v) is 9.96. The number of nitrogens with two attached hydrogens (primary N) is 1. The van der Waals surface area contributed by atoms with E-state index >= 15 is 0 Å². The van der Waals surface area contributed by atoms with E-state index in [1.54, 1.807) is 11.8 Å². The first kappa shape index (κ1) is 11.4. The summed E-state index contributed by atoms with van der Waals surface area (Å²) >= 11 is 1.67. The van der Waals surface area contributed by atoms with Crippen molar-refractivity contribution in [2.75, 3.05) is 12.5 Å². The van der Waals surface area contributed by atoms with Gasteiger partial charge in [0.2, 0.25) is 5.95 Å². The van der Waals surface area contributed by atoms with Gasteiger partial charge in [-0.25, -0.2) is 5.84 Å². The van der Waals surface area contributed by atoms with Gasteiger partial charge in [-0.2, -0.15) is 15.0 Å². The minimum absolute atomic E-state index is 0.295. The largest absolute Gasteiger partial charge is 0.467 e. The molecule has 0 atom stereocenters. The molecule has 88 valence electrons. The molecule has 1 heterocycles. The molecule has 1 saturated carbocycles. The van der Waals surface area contributed by atoms with Gasteiger partial charge in [-0.05, 0) is 12.8 Å². The lowest BCUT2D eigenvalue weighted by atomic mass is 10.4. The van der Waals surface area contributed by atoms with Crippen molar-refractivity contribution in [3.63, 3.8) is 0 Å². The summed E-state index contributed by atoms with van der Waals surface area (Å²) < 4.78 is 4.99. The number of anilines is 1. The third-order valence-corrected chi connectivity index (χ3v) is 3.68. The summed E-state index contributed by atoms with van der Waals surface area (Å²) in [7, 11) is 1.53. The van der Waals surface area contributed by atoms with Gasteiger partial charge in [0, 0.05) is 5.25 Å². The zero-order chi connectivity index (χ0) is 11.4. The lowest BCUT2D eigenvalue weighted by Gasteiger charge is -2.08. The van der Waals surface area contributed by atoms with Crippen LogP contribution in [0.2, 0.25) is 0 Å². The number of nitrogens with zero attached hydrogens (tertiary/aromatic N) is 3. The Morgan fingerprint density at radius 2 is 2.06 bits per heavy atom. The number of methoxy groups -OCH3 is 1. The van der Waals surface area contributed by atoms with Crippen LogP contribution >= 0.6 is 11.8 Å². The first-order valence-electron chi connectivity index (χ1n) is 5.25. The third kappa shape index (κ3) is 2.73. The molecule has 1 aromatic heterocycles. The Kier molecular flexibility index (Phi) is 3.79. The lowest BCUT2D eigenvalue weighted by molar-refractivity contribution is 0.373. The van der Waals surface area contributed by atoms with Gasteiger partial charge >= 0.3 is 6.01 Å². The fourth-order valence-electron chi connectivity index (χ4n) is 1.70. The van der Waals surface area contributed by atoms with Crippen molar-refractivity contribution in [2.24, 2.45) is 5.84 Å². The molecule has 0 bridgehead atoms. The molecular formula is C9H15N5OS. The molecule has 0 aliphatic heterocycles. The molecular weight excluding hydrogens is 226 g/mol. The Labute approximate surface area is 98.4 Å². The summed E-state index contributed by atoms with van der Waals surface area (Å²) in [5.41, 5.74) is 2.41. The van der Waals surface area contributed by atoms with Crippen LogP contribution in [0.5, 0.6) is 6.01 Å². The summed E-state index contributed by atoms with van der Waals surface area (Å²) in [6, 6.07) is 0.295. The van der Waals surface area contributed by atoms with Crippen LogP contribution in [0.15, 0.2) is 5.16 Å². The first-order chi connectivity index (χ1) is 7.81. The summed E-state index contributed by atoms with van der Waals surface area (Å²) in [6.45, 7) is 0. The molecule has 7 heteroatoms. The van der Waals surface area contributed by atoms with Gasteiger partial charge in [-0.3, -0.25) is 5.43 Å². The summed E-state index contributed by atoms with van der Waals surface area (Å²) in [4.78, 5) is 12.3. The lowest BCUT2D eigenvalue weighted by Crippen LogP contribution is -2.12. The normalized spacial score (nSPS) is 16.4. The van der Waals surface area contributed by atoms with Crippen LogP contribution in [-0.2, 0) is 0 Å². The smallest absolute Gasteiger partial charge is 0.321 e. The molecule has 16 heavy (non-hydrogen) atoms. The molecule has 2 rings (SSSR count). The molecule has 0 amide bonds. The van der Waals surface area contributed by atoms with E-state index in [-0.39, 0.29) is 0 Å². The Hall–Kier alpha value is -1.08. The standard InChI is InChI=1S/C9H15N5OS/c1-15-8-11-7(14-10)12-9(13-8)16-6-4-2-3-5-6/h6H,2-5,10H2,1H3,(H,11,12,13,14). The highest BCUT2D eigenvalue weighted by Crippen LogP contribution is 2.33. The Morgan fingerprint density at radius 1 is 1.31 bits per heavy atom. The van der Waals surface area contributed by atoms with Gasteiger partial charge in [0.05, 0.1) is 7.11 Å². The van der Waals surface area contributed by atoms with Crippen LogP contribution in [0, 0.1) is 0 Å². The number of thioether (sulfide) groups is 1. The molecule has 1 aliphatic carbocycles. The second-order valence-corrected chi connectivity index (χ2v) is 4.86. The van der Waals surface area contributed by atoms with E-state index in [0.29, 0.717) is 22.4 Å². The Morgan fingerprint density at radius 3 is 2.69 bits per heavy atom. The predicted molar refractivity (Wildman–Crippen MR) is 62.3 cm³/mol. The number of aromatic nitrogens is 3. The maximum absolute atomic E-state index is 5.28. The van der Waals surface area contributed by atoms with Crippen molar-refractivity contribution in [2.45, 2.75) is 36.1 Å². The van der Waals surface area contributed by atoms with Crippen LogP contribution in [0.4, 0.5) is 5.95 Å². The van der Waals surface area contributed by atoms with Crippen molar-refractivity contribution >= 4 is 17.7 Å². The van der Waals surface area contributed by atoms with Crippen LogP contribution in [0.1, 0.15) is 25.7 Å². The van der Waals surface area contributed by atoms with E-state index in [4.69, 9.17) is 10.6 Å². The van der Waals surface area contributed by atoms with Crippen molar-refractivity contribution in [3.05, 3.63) is 0 Å². The average molecular weight is 241 g/mol. The Balaban J connectivity index is 2.12. The van der Waals surface area contributed by atoms with Crippen LogP contribution in [-0.4, -0.2) is 27.3 Å². The van der Waals surface area contributed by atoms with Gasteiger partial charge in [-0.15, -0.1) is 0 Å². The number of hydrogen-bond acceptors (Lipinski definition) is 7. The van der Waals surface area contributed by atoms with E-state index in [1.165, 1.54) is 32.8 Å². The van der Waals surface area contributed by atoms with Gasteiger partial charge in [-0.1, -0.05) is 24.6 Å². The van der Waals surface area contributed by atoms with Crippen LogP contribution in [0.25, 0.3) is 0 Å². The van der Waals surface area contributed by atoms with E-state index < -0.39 is 0 Å². The van der Waals surface area contributed by atoms with E-state index in [0.717, 1.165) is 0 Å². The number of hydrazine groups is 1. The summed E-state index contributed by atoms with van der Waals surface area (Å²) in [5, 5.41) is 1.28. The SMILES string of the molecule is COc1nc(NN)nc(SC2CCCC2)n1. The maximum Gasteiger partial charge on any atom is 0.321 e. The molecule has 6 nitrogen and oxygen atoms in total. The Bertz CT molecular complexity index is 334. The van der Waals surface area contributed by atoms with Crippen LogP contribution in [0.3, 0.4) is 0 Å². The van der Waals surface area contributed by atoms with Gasteiger partial charge < -0.3 is 4.74 Å². The zero-order valence-electron chi connectivity index (χ0n) is 9.14. The topological polar surface area (TPSA) is 86.0 Å². The van der Waals surface area contributed by atoms with Gasteiger partial charge in [0.1, 0.15) is 0 Å². The highest BCUT2D eigenvalue weighted by atomic mass is 32.2. The second-order valence-electron chi connectivity index (χ2n) is 3.60. The minimum Gasteiger partial charge on any atom is -0.467 e. The molecule has 1 aliphatic rings. The number of rotatable bonds is 4.